The van der Waals surface area contributed by atoms with Crippen LogP contribution in [0.4, 0.5) is 5.82 Å². The molecule has 6 heteroatoms. The molecular weight excluding hydrogens is 298 g/mol. The summed E-state index contributed by atoms with van der Waals surface area (Å²) in [5.74, 6) is 0.388. The van der Waals surface area contributed by atoms with Gasteiger partial charge in [-0.2, -0.15) is 5.26 Å². The molecule has 0 atom stereocenters. The number of anilines is 1. The second-order valence-corrected chi connectivity index (χ2v) is 5.29. The van der Waals surface area contributed by atoms with Crippen molar-refractivity contribution >= 4 is 17.4 Å². The van der Waals surface area contributed by atoms with E-state index in [-0.39, 0.29) is 0 Å². The van der Waals surface area contributed by atoms with Crippen LogP contribution < -0.4 is 5.73 Å². The van der Waals surface area contributed by atoms with Crippen LogP contribution >= 0.6 is 11.6 Å². The molecular formula is C16H12ClN5. The van der Waals surface area contributed by atoms with Crippen molar-refractivity contribution in [3.8, 4) is 23.0 Å². The summed E-state index contributed by atoms with van der Waals surface area (Å²) >= 11 is 5.99. The van der Waals surface area contributed by atoms with Crippen LogP contribution in [-0.4, -0.2) is 14.5 Å². The number of nitrogen functional groups attached to an aromatic ring is 1. The van der Waals surface area contributed by atoms with Crippen molar-refractivity contribution in [1.29, 1.82) is 5.26 Å². The van der Waals surface area contributed by atoms with E-state index in [1.165, 1.54) is 6.33 Å². The quantitative estimate of drug-likeness (QED) is 0.787. The SMILES string of the molecule is Cc1cc(Cl)ccc1-n1cc(-c2cc(N)ncn2)cc1C#N. The summed E-state index contributed by atoms with van der Waals surface area (Å²) in [5, 5.41) is 10.0. The van der Waals surface area contributed by atoms with Crippen molar-refractivity contribution in [2.75, 3.05) is 5.73 Å². The highest BCUT2D eigenvalue weighted by molar-refractivity contribution is 6.30. The predicted molar refractivity (Wildman–Crippen MR) is 85.7 cm³/mol. The van der Waals surface area contributed by atoms with Crippen molar-refractivity contribution in [2.45, 2.75) is 6.92 Å². The van der Waals surface area contributed by atoms with Crippen molar-refractivity contribution in [3.63, 3.8) is 0 Å². The fourth-order valence-electron chi connectivity index (χ4n) is 2.31. The van der Waals surface area contributed by atoms with Gasteiger partial charge in [-0.15, -0.1) is 0 Å². The molecule has 1 aromatic carbocycles. The first-order valence-electron chi connectivity index (χ1n) is 6.55. The minimum atomic E-state index is 0.388. The third-order valence-electron chi connectivity index (χ3n) is 3.34. The van der Waals surface area contributed by atoms with Crippen LogP contribution in [0.2, 0.25) is 5.02 Å². The zero-order chi connectivity index (χ0) is 15.7. The molecule has 0 radical (unpaired) electrons. The molecule has 0 unspecified atom stereocenters. The normalized spacial score (nSPS) is 10.4. The van der Waals surface area contributed by atoms with Gasteiger partial charge in [-0.25, -0.2) is 9.97 Å². The molecule has 0 amide bonds. The number of aromatic nitrogens is 3. The van der Waals surface area contributed by atoms with Crippen molar-refractivity contribution in [3.05, 3.63) is 59.1 Å². The van der Waals surface area contributed by atoms with Crippen molar-refractivity contribution in [1.82, 2.24) is 14.5 Å². The Balaban J connectivity index is 2.15. The van der Waals surface area contributed by atoms with Gasteiger partial charge < -0.3 is 10.3 Å². The Bertz CT molecular complexity index is 892. The number of aryl methyl sites for hydroxylation is 1. The first kappa shape index (κ1) is 14.1. The van der Waals surface area contributed by atoms with E-state index in [9.17, 15) is 5.26 Å². The molecule has 2 heterocycles. The van der Waals surface area contributed by atoms with E-state index in [0.29, 0.717) is 22.2 Å². The number of nitriles is 1. The first-order chi connectivity index (χ1) is 10.6. The number of hydrogen-bond donors (Lipinski definition) is 1. The summed E-state index contributed by atoms with van der Waals surface area (Å²) in [6, 6.07) is 11.2. The fraction of sp³-hybridized carbons (Fsp3) is 0.0625. The third kappa shape index (κ3) is 2.52. The van der Waals surface area contributed by atoms with Crippen LogP contribution in [0.3, 0.4) is 0 Å². The molecule has 22 heavy (non-hydrogen) atoms. The Hall–Kier alpha value is -2.84. The van der Waals surface area contributed by atoms with E-state index < -0.39 is 0 Å². The summed E-state index contributed by atoms with van der Waals surface area (Å²) in [7, 11) is 0. The predicted octanol–water partition coefficient (Wildman–Crippen LogP) is 3.35. The van der Waals surface area contributed by atoms with Crippen LogP contribution in [0.25, 0.3) is 16.9 Å². The molecule has 0 saturated heterocycles. The molecule has 108 valence electrons. The third-order valence-corrected chi connectivity index (χ3v) is 3.57. The number of rotatable bonds is 2. The van der Waals surface area contributed by atoms with Gasteiger partial charge in [0, 0.05) is 28.5 Å². The van der Waals surface area contributed by atoms with Crippen LogP contribution in [0, 0.1) is 18.3 Å². The fourth-order valence-corrected chi connectivity index (χ4v) is 2.53. The average Bonchev–Trinajstić information content (AvgIpc) is 2.91. The molecule has 0 bridgehead atoms. The minimum absolute atomic E-state index is 0.388. The number of benzene rings is 1. The molecule has 0 fully saturated rings. The summed E-state index contributed by atoms with van der Waals surface area (Å²) in [6.07, 6.45) is 3.26. The van der Waals surface area contributed by atoms with Gasteiger partial charge >= 0.3 is 0 Å². The summed E-state index contributed by atoms with van der Waals surface area (Å²) in [6.45, 7) is 1.95. The van der Waals surface area contributed by atoms with Crippen LogP contribution in [-0.2, 0) is 0 Å². The average molecular weight is 310 g/mol. The Labute approximate surface area is 132 Å². The van der Waals surface area contributed by atoms with Gasteiger partial charge in [-0.1, -0.05) is 11.6 Å². The van der Waals surface area contributed by atoms with E-state index in [2.05, 4.69) is 16.0 Å². The van der Waals surface area contributed by atoms with E-state index >= 15 is 0 Å². The number of hydrogen-bond acceptors (Lipinski definition) is 4. The lowest BCUT2D eigenvalue weighted by molar-refractivity contribution is 1.03. The topological polar surface area (TPSA) is 80.5 Å². The number of nitrogens with two attached hydrogens (primary N) is 1. The summed E-state index contributed by atoms with van der Waals surface area (Å²) in [5.41, 5.74) is 9.56. The second-order valence-electron chi connectivity index (χ2n) is 4.85. The van der Waals surface area contributed by atoms with E-state index in [1.807, 2.05) is 29.8 Å². The van der Waals surface area contributed by atoms with E-state index in [0.717, 1.165) is 16.8 Å². The van der Waals surface area contributed by atoms with Gasteiger partial charge in [0.2, 0.25) is 0 Å². The Kier molecular flexibility index (Phi) is 3.53. The number of nitrogens with zero attached hydrogens (tertiary/aromatic N) is 4. The van der Waals surface area contributed by atoms with Crippen LogP contribution in [0.15, 0.2) is 42.9 Å². The largest absolute Gasteiger partial charge is 0.384 e. The highest BCUT2D eigenvalue weighted by Crippen LogP contribution is 2.26. The summed E-state index contributed by atoms with van der Waals surface area (Å²) < 4.78 is 1.82. The Morgan fingerprint density at radius 1 is 1.23 bits per heavy atom. The maximum absolute atomic E-state index is 9.39. The lowest BCUT2D eigenvalue weighted by Crippen LogP contribution is -1.97. The van der Waals surface area contributed by atoms with Gasteiger partial charge in [0.25, 0.3) is 0 Å². The second kappa shape index (κ2) is 5.51. The van der Waals surface area contributed by atoms with Gasteiger partial charge in [-0.3, -0.25) is 0 Å². The van der Waals surface area contributed by atoms with Gasteiger partial charge in [0.15, 0.2) is 0 Å². The zero-order valence-corrected chi connectivity index (χ0v) is 12.5. The molecule has 0 aliphatic carbocycles. The number of halogens is 1. The summed E-state index contributed by atoms with van der Waals surface area (Å²) in [4.78, 5) is 8.07. The molecule has 5 nitrogen and oxygen atoms in total. The highest BCUT2D eigenvalue weighted by Gasteiger charge is 2.12. The molecule has 2 aromatic heterocycles. The standard InChI is InChI=1S/C16H12ClN5/c1-10-4-12(17)2-3-15(10)22-8-11(5-13(22)7-18)14-6-16(19)21-9-20-14/h2-6,8-9H,1H3,(H2,19,20,21). The Morgan fingerprint density at radius 3 is 2.73 bits per heavy atom. The minimum Gasteiger partial charge on any atom is -0.384 e. The molecule has 0 aliphatic heterocycles. The lowest BCUT2D eigenvalue weighted by Gasteiger charge is -2.08. The van der Waals surface area contributed by atoms with Crippen LogP contribution in [0.1, 0.15) is 11.3 Å². The highest BCUT2D eigenvalue weighted by atomic mass is 35.5. The smallest absolute Gasteiger partial charge is 0.127 e. The van der Waals surface area contributed by atoms with Gasteiger partial charge in [0.05, 0.1) is 5.69 Å². The van der Waals surface area contributed by atoms with E-state index in [1.54, 1.807) is 18.2 Å². The van der Waals surface area contributed by atoms with E-state index in [4.69, 9.17) is 17.3 Å². The zero-order valence-electron chi connectivity index (χ0n) is 11.8. The lowest BCUT2D eigenvalue weighted by atomic mass is 10.2. The molecule has 0 aliphatic rings. The molecule has 0 saturated carbocycles. The molecule has 3 rings (SSSR count). The van der Waals surface area contributed by atoms with Crippen molar-refractivity contribution < 1.29 is 0 Å². The maximum atomic E-state index is 9.39. The Morgan fingerprint density at radius 2 is 2.05 bits per heavy atom. The van der Waals surface area contributed by atoms with Crippen LogP contribution in [0.5, 0.6) is 0 Å². The maximum Gasteiger partial charge on any atom is 0.127 e. The molecule has 2 N–H and O–H groups in total. The first-order valence-corrected chi connectivity index (χ1v) is 6.93. The molecule has 0 spiro atoms. The molecule has 3 aromatic rings. The monoisotopic (exact) mass is 309 g/mol. The van der Waals surface area contributed by atoms with Gasteiger partial charge in [-0.05, 0) is 36.8 Å². The van der Waals surface area contributed by atoms with Gasteiger partial charge in [0.1, 0.15) is 23.9 Å². The van der Waals surface area contributed by atoms with Crippen molar-refractivity contribution in [2.24, 2.45) is 0 Å².